The van der Waals surface area contributed by atoms with Gasteiger partial charge in [0, 0.05) is 11.4 Å². The number of sulfonamides is 2. The fraction of sp³-hybridized carbons (Fsp3) is 0.278. The second kappa shape index (κ2) is 7.06. The lowest BCUT2D eigenvalue weighted by molar-refractivity contribution is -0.116. The molecular formula is C18H19ClN2O5S2. The van der Waals surface area contributed by atoms with Crippen LogP contribution in [0.25, 0.3) is 0 Å². The summed E-state index contributed by atoms with van der Waals surface area (Å²) in [6.07, 6.45) is -0.0872. The molecule has 1 N–H and O–H groups in total. The lowest BCUT2D eigenvalue weighted by Gasteiger charge is -2.19. The molecule has 28 heavy (non-hydrogen) atoms. The van der Waals surface area contributed by atoms with Crippen molar-refractivity contribution in [1.29, 1.82) is 0 Å². The zero-order valence-corrected chi connectivity index (χ0v) is 17.9. The summed E-state index contributed by atoms with van der Waals surface area (Å²) >= 11 is 6.06. The first-order valence-electron chi connectivity index (χ1n) is 8.39. The summed E-state index contributed by atoms with van der Waals surface area (Å²) in [4.78, 5) is 12.0. The van der Waals surface area contributed by atoms with Gasteiger partial charge in [0.2, 0.25) is 15.9 Å². The predicted octanol–water partition coefficient (Wildman–Crippen LogP) is 3.13. The molecule has 1 fully saturated rings. The molecule has 0 unspecified atom stereocenters. The Hall–Kier alpha value is -2.10. The van der Waals surface area contributed by atoms with E-state index in [1.807, 2.05) is 0 Å². The molecule has 7 nitrogen and oxygen atoms in total. The second-order valence-corrected chi connectivity index (χ2v) is 10.6. The molecule has 1 aliphatic heterocycles. The van der Waals surface area contributed by atoms with Crippen molar-refractivity contribution < 1.29 is 21.6 Å². The SMILES string of the molecule is Cc1cc(N2C(=O)CCS2(=O)=O)cc(C)c1S(=O)(=O)Nc1cccc(Cl)c1C. The largest absolute Gasteiger partial charge is 0.279 e. The Morgan fingerprint density at radius 2 is 1.71 bits per heavy atom. The van der Waals surface area contributed by atoms with E-state index in [-0.39, 0.29) is 22.8 Å². The normalized spacial score (nSPS) is 16.4. The van der Waals surface area contributed by atoms with Crippen molar-refractivity contribution in [3.8, 4) is 0 Å². The van der Waals surface area contributed by atoms with Crippen LogP contribution in [-0.4, -0.2) is 28.5 Å². The van der Waals surface area contributed by atoms with Crippen LogP contribution in [0, 0.1) is 20.8 Å². The molecule has 2 aromatic rings. The van der Waals surface area contributed by atoms with Gasteiger partial charge in [0.15, 0.2) is 0 Å². The van der Waals surface area contributed by atoms with Crippen LogP contribution in [0.2, 0.25) is 5.02 Å². The molecule has 2 aromatic carbocycles. The molecule has 1 saturated heterocycles. The number of carbonyl (C=O) groups is 1. The van der Waals surface area contributed by atoms with E-state index in [0.29, 0.717) is 27.4 Å². The summed E-state index contributed by atoms with van der Waals surface area (Å²) in [5, 5.41) is 0.432. The molecule has 10 heteroatoms. The van der Waals surface area contributed by atoms with Gasteiger partial charge in [-0.3, -0.25) is 9.52 Å². The number of hydrogen-bond donors (Lipinski definition) is 1. The predicted molar refractivity (Wildman–Crippen MR) is 109 cm³/mol. The molecule has 0 saturated carbocycles. The molecule has 0 radical (unpaired) electrons. The van der Waals surface area contributed by atoms with Gasteiger partial charge >= 0.3 is 0 Å². The first-order valence-corrected chi connectivity index (χ1v) is 11.9. The van der Waals surface area contributed by atoms with Crippen LogP contribution >= 0.6 is 11.6 Å². The van der Waals surface area contributed by atoms with Gasteiger partial charge in [-0.15, -0.1) is 0 Å². The Balaban J connectivity index is 2.06. The van der Waals surface area contributed by atoms with E-state index < -0.39 is 26.0 Å². The minimum Gasteiger partial charge on any atom is -0.279 e. The molecular weight excluding hydrogens is 424 g/mol. The van der Waals surface area contributed by atoms with Crippen LogP contribution in [0.5, 0.6) is 0 Å². The van der Waals surface area contributed by atoms with E-state index >= 15 is 0 Å². The van der Waals surface area contributed by atoms with Crippen LogP contribution in [0.3, 0.4) is 0 Å². The Kier molecular flexibility index (Phi) is 5.20. The van der Waals surface area contributed by atoms with E-state index in [4.69, 9.17) is 11.6 Å². The van der Waals surface area contributed by atoms with Crippen LogP contribution < -0.4 is 9.03 Å². The fourth-order valence-corrected chi connectivity index (χ4v) is 6.45. The highest BCUT2D eigenvalue weighted by Crippen LogP contribution is 2.33. The number of hydrogen-bond acceptors (Lipinski definition) is 5. The van der Waals surface area contributed by atoms with Crippen molar-refractivity contribution in [2.75, 3.05) is 14.8 Å². The third-order valence-corrected chi connectivity index (χ3v) is 8.31. The summed E-state index contributed by atoms with van der Waals surface area (Å²) in [5.74, 6) is -0.776. The maximum atomic E-state index is 13.0. The Labute approximate surface area is 169 Å². The van der Waals surface area contributed by atoms with Gasteiger partial charge in [0.25, 0.3) is 10.0 Å². The van der Waals surface area contributed by atoms with E-state index in [0.717, 1.165) is 4.31 Å². The molecule has 150 valence electrons. The Morgan fingerprint density at radius 3 is 2.25 bits per heavy atom. The Bertz CT molecular complexity index is 1170. The minimum atomic E-state index is -3.96. The highest BCUT2D eigenvalue weighted by Gasteiger charge is 2.37. The van der Waals surface area contributed by atoms with Crippen molar-refractivity contribution in [3.05, 3.63) is 52.0 Å². The zero-order valence-electron chi connectivity index (χ0n) is 15.5. The topological polar surface area (TPSA) is 101 Å². The number of amides is 1. The van der Waals surface area contributed by atoms with Crippen molar-refractivity contribution >= 4 is 48.9 Å². The Morgan fingerprint density at radius 1 is 1.11 bits per heavy atom. The molecule has 0 spiro atoms. The van der Waals surface area contributed by atoms with Gasteiger partial charge in [0.05, 0.1) is 22.0 Å². The van der Waals surface area contributed by atoms with Gasteiger partial charge < -0.3 is 0 Å². The van der Waals surface area contributed by atoms with E-state index in [2.05, 4.69) is 4.72 Å². The second-order valence-electron chi connectivity index (χ2n) is 6.65. The van der Waals surface area contributed by atoms with E-state index in [1.165, 1.54) is 12.1 Å². The monoisotopic (exact) mass is 442 g/mol. The summed E-state index contributed by atoms with van der Waals surface area (Å²) < 4.78 is 53.5. The lowest BCUT2D eigenvalue weighted by atomic mass is 10.1. The van der Waals surface area contributed by atoms with Crippen molar-refractivity contribution in [1.82, 2.24) is 0 Å². The van der Waals surface area contributed by atoms with Crippen LogP contribution in [0.4, 0.5) is 11.4 Å². The average molecular weight is 443 g/mol. The van der Waals surface area contributed by atoms with Crippen LogP contribution in [-0.2, 0) is 24.8 Å². The smallest absolute Gasteiger partial charge is 0.262 e. The number of anilines is 2. The van der Waals surface area contributed by atoms with Gasteiger partial charge in [-0.05, 0) is 61.7 Å². The maximum absolute atomic E-state index is 13.0. The third kappa shape index (κ3) is 3.61. The van der Waals surface area contributed by atoms with Gasteiger partial charge in [0.1, 0.15) is 0 Å². The number of rotatable bonds is 4. The number of nitrogens with zero attached hydrogens (tertiary/aromatic N) is 1. The molecule has 3 rings (SSSR count). The molecule has 0 aromatic heterocycles. The minimum absolute atomic E-state index is 0.0275. The number of nitrogens with one attached hydrogen (secondary N) is 1. The highest BCUT2D eigenvalue weighted by molar-refractivity contribution is 7.94. The fourth-order valence-electron chi connectivity index (χ4n) is 3.25. The van der Waals surface area contributed by atoms with Gasteiger partial charge in [-0.1, -0.05) is 17.7 Å². The average Bonchev–Trinajstić information content (AvgIpc) is 2.83. The first kappa shape index (κ1) is 20.6. The van der Waals surface area contributed by atoms with Gasteiger partial charge in [-0.25, -0.2) is 21.1 Å². The standard InChI is InChI=1S/C18H19ClN2O5S2/c1-11-9-14(21-17(22)7-8-27(21,23)24)10-12(2)18(11)28(25,26)20-16-6-4-5-15(19)13(16)3/h4-6,9-10,20H,7-8H2,1-3H3. The molecule has 0 atom stereocenters. The highest BCUT2D eigenvalue weighted by atomic mass is 35.5. The summed E-state index contributed by atoms with van der Waals surface area (Å²) in [6, 6.07) is 7.70. The molecule has 0 bridgehead atoms. The quantitative estimate of drug-likeness (QED) is 0.783. The molecule has 1 amide bonds. The molecule has 1 heterocycles. The zero-order chi connectivity index (χ0) is 20.9. The maximum Gasteiger partial charge on any atom is 0.262 e. The summed E-state index contributed by atoms with van der Waals surface area (Å²) in [6.45, 7) is 4.82. The number of aryl methyl sites for hydroxylation is 2. The summed E-state index contributed by atoms with van der Waals surface area (Å²) in [7, 11) is -7.68. The van der Waals surface area contributed by atoms with Gasteiger partial charge in [-0.2, -0.15) is 0 Å². The van der Waals surface area contributed by atoms with E-state index in [1.54, 1.807) is 39.0 Å². The van der Waals surface area contributed by atoms with Crippen LogP contribution in [0.15, 0.2) is 35.2 Å². The molecule has 1 aliphatic rings. The first-order chi connectivity index (χ1) is 12.9. The van der Waals surface area contributed by atoms with Crippen molar-refractivity contribution in [3.63, 3.8) is 0 Å². The van der Waals surface area contributed by atoms with Crippen molar-refractivity contribution in [2.45, 2.75) is 32.1 Å². The third-order valence-electron chi connectivity index (χ3n) is 4.54. The summed E-state index contributed by atoms with van der Waals surface area (Å²) in [5.41, 5.74) is 1.76. The number of benzene rings is 2. The number of halogens is 1. The lowest BCUT2D eigenvalue weighted by Crippen LogP contribution is -2.29. The van der Waals surface area contributed by atoms with Crippen molar-refractivity contribution in [2.24, 2.45) is 0 Å². The molecule has 0 aliphatic carbocycles. The van der Waals surface area contributed by atoms with Crippen LogP contribution in [0.1, 0.15) is 23.1 Å². The number of carbonyl (C=O) groups excluding carboxylic acids is 1. The van der Waals surface area contributed by atoms with E-state index in [9.17, 15) is 21.6 Å².